The molecule has 1 aromatic carbocycles. The Bertz CT molecular complexity index is 1470. The molecule has 220 valence electrons. The van der Waals surface area contributed by atoms with Crippen LogP contribution < -0.4 is 10.6 Å². The van der Waals surface area contributed by atoms with E-state index in [9.17, 15) is 19.2 Å². The first-order valence-electron chi connectivity index (χ1n) is 14.9. The topological polar surface area (TPSA) is 129 Å². The zero-order chi connectivity index (χ0) is 29.2. The molecule has 2 aromatic heterocycles. The van der Waals surface area contributed by atoms with Gasteiger partial charge in [0.05, 0.1) is 0 Å². The molecular formula is C31H37N7O4. The lowest BCUT2D eigenvalue weighted by Gasteiger charge is -2.51. The molecule has 0 unspecified atom stereocenters. The van der Waals surface area contributed by atoms with Crippen molar-refractivity contribution < 1.29 is 19.2 Å². The minimum Gasteiger partial charge on any atom is -0.344 e. The third kappa shape index (κ3) is 5.86. The molecule has 3 aliphatic rings. The monoisotopic (exact) mass is 571 g/mol. The van der Waals surface area contributed by atoms with Gasteiger partial charge < -0.3 is 20.4 Å². The number of aromatic nitrogens is 3. The van der Waals surface area contributed by atoms with Crippen molar-refractivity contribution in [1.29, 1.82) is 0 Å². The summed E-state index contributed by atoms with van der Waals surface area (Å²) >= 11 is 0. The van der Waals surface area contributed by atoms with Gasteiger partial charge in [-0.2, -0.15) is 5.10 Å². The number of fused-ring (bicyclic) bond motifs is 5. The Kier molecular flexibility index (Phi) is 7.90. The molecule has 5 atom stereocenters. The van der Waals surface area contributed by atoms with Gasteiger partial charge in [-0.05, 0) is 68.6 Å². The van der Waals surface area contributed by atoms with E-state index in [2.05, 4.69) is 20.7 Å². The predicted octanol–water partition coefficient (Wildman–Crippen LogP) is 1.82. The summed E-state index contributed by atoms with van der Waals surface area (Å²) in [5, 5.41) is 9.91. The fourth-order valence-corrected chi connectivity index (χ4v) is 6.85. The summed E-state index contributed by atoms with van der Waals surface area (Å²) in [5.74, 6) is -0.418. The van der Waals surface area contributed by atoms with Crippen molar-refractivity contribution in [3.05, 3.63) is 66.1 Å². The third-order valence-corrected chi connectivity index (χ3v) is 8.92. The van der Waals surface area contributed by atoms with Crippen LogP contribution in [0.4, 0.5) is 0 Å². The Morgan fingerprint density at radius 1 is 1.05 bits per heavy atom. The van der Waals surface area contributed by atoms with E-state index in [1.807, 2.05) is 40.1 Å². The van der Waals surface area contributed by atoms with Gasteiger partial charge in [-0.15, -0.1) is 0 Å². The van der Waals surface area contributed by atoms with E-state index < -0.39 is 12.1 Å². The largest absolute Gasteiger partial charge is 0.344 e. The van der Waals surface area contributed by atoms with Gasteiger partial charge in [0.15, 0.2) is 5.65 Å². The molecule has 6 rings (SSSR count). The summed E-state index contributed by atoms with van der Waals surface area (Å²) in [6, 6.07) is 11.8. The number of hydrogen-bond acceptors (Lipinski definition) is 6. The van der Waals surface area contributed by atoms with Gasteiger partial charge in [-0.1, -0.05) is 30.3 Å². The molecule has 2 N–H and O–H groups in total. The number of carbonyl (C=O) groups is 4. The van der Waals surface area contributed by atoms with Crippen LogP contribution in [0.1, 0.15) is 54.9 Å². The predicted molar refractivity (Wildman–Crippen MR) is 154 cm³/mol. The average molecular weight is 572 g/mol. The van der Waals surface area contributed by atoms with E-state index in [0.29, 0.717) is 56.5 Å². The highest BCUT2D eigenvalue weighted by atomic mass is 16.2. The number of carbonyl (C=O) groups excluding carboxylic acids is 4. The lowest BCUT2D eigenvalue weighted by Crippen LogP contribution is -2.63. The summed E-state index contributed by atoms with van der Waals surface area (Å²) in [6.07, 6.45) is 6.75. The number of amides is 4. The second-order valence-corrected chi connectivity index (χ2v) is 11.9. The zero-order valence-corrected chi connectivity index (χ0v) is 23.8. The van der Waals surface area contributed by atoms with E-state index in [1.54, 1.807) is 29.8 Å². The number of likely N-dealkylation sites (tertiary alicyclic amines) is 1. The fourth-order valence-electron chi connectivity index (χ4n) is 6.85. The zero-order valence-electron chi connectivity index (χ0n) is 23.8. The van der Waals surface area contributed by atoms with Gasteiger partial charge in [-0.3, -0.25) is 19.2 Å². The normalized spacial score (nSPS) is 27.0. The highest BCUT2D eigenvalue weighted by Crippen LogP contribution is 2.36. The molecule has 0 aliphatic carbocycles. The molecule has 11 nitrogen and oxygen atoms in total. The van der Waals surface area contributed by atoms with Crippen LogP contribution in [0, 0.1) is 11.8 Å². The van der Waals surface area contributed by atoms with Crippen LogP contribution in [0.2, 0.25) is 0 Å². The maximum absolute atomic E-state index is 13.8. The lowest BCUT2D eigenvalue weighted by atomic mass is 9.77. The van der Waals surface area contributed by atoms with Crippen molar-refractivity contribution in [2.75, 3.05) is 19.6 Å². The van der Waals surface area contributed by atoms with E-state index in [-0.39, 0.29) is 47.9 Å². The molecule has 3 aromatic rings. The van der Waals surface area contributed by atoms with E-state index in [4.69, 9.17) is 0 Å². The first-order valence-corrected chi connectivity index (χ1v) is 14.9. The second-order valence-electron chi connectivity index (χ2n) is 11.9. The van der Waals surface area contributed by atoms with Crippen molar-refractivity contribution in [3.63, 3.8) is 0 Å². The Morgan fingerprint density at radius 2 is 1.88 bits per heavy atom. The Labute approximate surface area is 244 Å². The summed E-state index contributed by atoms with van der Waals surface area (Å²) in [4.78, 5) is 61.5. The summed E-state index contributed by atoms with van der Waals surface area (Å²) in [6.45, 7) is 3.35. The number of rotatable bonds is 4. The molecule has 0 saturated carbocycles. The minimum absolute atomic E-state index is 0.0512. The number of benzene rings is 1. The van der Waals surface area contributed by atoms with Gasteiger partial charge >= 0.3 is 0 Å². The second kappa shape index (κ2) is 11.9. The highest BCUT2D eigenvalue weighted by molar-refractivity contribution is 5.95. The Hall–Kier alpha value is -4.28. The molecule has 3 saturated heterocycles. The van der Waals surface area contributed by atoms with E-state index in [0.717, 1.165) is 12.0 Å². The first-order chi connectivity index (χ1) is 20.4. The van der Waals surface area contributed by atoms with Crippen molar-refractivity contribution in [3.8, 4) is 0 Å². The van der Waals surface area contributed by atoms with Crippen LogP contribution in [0.3, 0.4) is 0 Å². The van der Waals surface area contributed by atoms with Gasteiger partial charge in [0, 0.05) is 43.9 Å². The van der Waals surface area contributed by atoms with Crippen molar-refractivity contribution in [1.82, 2.24) is 35.0 Å². The SMILES string of the molecule is C[C@H]1NC(=O)[C@H](CCc2ccccc2)NC(=O)CCC[C@H]2[C@@H]3C[C@@H](CN(C(=O)c4ccn5ncnc5c4)C3)CN2C1=O. The number of nitrogens with zero attached hydrogens (tertiary/aromatic N) is 5. The molecular weight excluding hydrogens is 534 g/mol. The summed E-state index contributed by atoms with van der Waals surface area (Å²) < 4.78 is 1.62. The number of piperidine rings is 2. The molecule has 4 amide bonds. The minimum atomic E-state index is -0.720. The molecule has 5 heterocycles. The molecule has 3 fully saturated rings. The molecule has 3 aliphatic heterocycles. The summed E-state index contributed by atoms with van der Waals surface area (Å²) in [7, 11) is 0. The van der Waals surface area contributed by atoms with Crippen LogP contribution in [0.15, 0.2) is 55.0 Å². The third-order valence-electron chi connectivity index (χ3n) is 8.92. The standard InChI is InChI=1S/C31H37N7O4/c1-20-30(41)37-17-22-14-24(18-36(16-22)31(42)23-12-13-38-27(15-23)32-19-33-38)26(37)8-5-9-28(39)35-25(29(40)34-20)11-10-21-6-3-2-4-7-21/h2-4,6-7,12-13,15,19-20,22,24-26H,5,8-11,14,16-18H2,1H3,(H,34,40)(H,35,39)/t20-,22+,24-,25+,26+/m1/s1. The number of nitrogens with one attached hydrogen (secondary N) is 2. The quantitative estimate of drug-likeness (QED) is 0.492. The number of aryl methyl sites for hydroxylation is 1. The molecule has 0 radical (unpaired) electrons. The summed E-state index contributed by atoms with van der Waals surface area (Å²) in [5.41, 5.74) is 2.27. The van der Waals surface area contributed by atoms with E-state index >= 15 is 0 Å². The van der Waals surface area contributed by atoms with Crippen molar-refractivity contribution >= 4 is 29.3 Å². The van der Waals surface area contributed by atoms with E-state index in [1.165, 1.54) is 6.33 Å². The molecule has 42 heavy (non-hydrogen) atoms. The van der Waals surface area contributed by atoms with Crippen molar-refractivity contribution in [2.45, 2.75) is 63.6 Å². The number of pyridine rings is 1. The van der Waals surface area contributed by atoms with Crippen LogP contribution in [-0.4, -0.2) is 85.8 Å². The fraction of sp³-hybridized carbons (Fsp3) is 0.484. The molecule has 11 heteroatoms. The average Bonchev–Trinajstić information content (AvgIpc) is 3.47. The first kappa shape index (κ1) is 27.9. The number of hydrogen-bond donors (Lipinski definition) is 2. The van der Waals surface area contributed by atoms with Gasteiger partial charge in [0.25, 0.3) is 5.91 Å². The van der Waals surface area contributed by atoms with Crippen LogP contribution in [0.25, 0.3) is 5.65 Å². The van der Waals surface area contributed by atoms with Crippen LogP contribution in [0.5, 0.6) is 0 Å². The lowest BCUT2D eigenvalue weighted by molar-refractivity contribution is -0.145. The Balaban J connectivity index is 1.16. The smallest absolute Gasteiger partial charge is 0.254 e. The van der Waals surface area contributed by atoms with Gasteiger partial charge in [-0.25, -0.2) is 9.50 Å². The van der Waals surface area contributed by atoms with Crippen molar-refractivity contribution in [2.24, 2.45) is 11.8 Å². The van der Waals surface area contributed by atoms with Gasteiger partial charge in [0.2, 0.25) is 17.7 Å². The molecule has 0 spiro atoms. The maximum atomic E-state index is 13.8. The van der Waals surface area contributed by atoms with Crippen LogP contribution >= 0.6 is 0 Å². The Morgan fingerprint density at radius 3 is 2.71 bits per heavy atom. The van der Waals surface area contributed by atoms with Gasteiger partial charge in [0.1, 0.15) is 18.4 Å². The van der Waals surface area contributed by atoms with Crippen LogP contribution in [-0.2, 0) is 20.8 Å². The highest BCUT2D eigenvalue weighted by Gasteiger charge is 2.45. The maximum Gasteiger partial charge on any atom is 0.254 e. The molecule has 2 bridgehead atoms.